The Balaban J connectivity index is 1.12. The van der Waals surface area contributed by atoms with Crippen LogP contribution in [0.1, 0.15) is 0 Å². The van der Waals surface area contributed by atoms with E-state index in [1.807, 2.05) is 18.2 Å². The molecule has 10 aromatic rings. The van der Waals surface area contributed by atoms with Gasteiger partial charge >= 0.3 is 0 Å². The Labute approximate surface area is 325 Å². The van der Waals surface area contributed by atoms with Crippen molar-refractivity contribution in [2.45, 2.75) is 0 Å². The van der Waals surface area contributed by atoms with E-state index in [1.54, 1.807) is 0 Å². The molecular formula is C51H35N5. The standard InChI is InChI=1S/C51H35N5/c1-4-16-36(17-5-1)37-28-30-39(31-29-37)49-52-50(54-51(53-49)56-47-26-14-12-23-44(47)45-24-13-15-27-48(45)56)46-25-11-10-22-43(46)38-32-34-42(35-33-38)55(40-18-6-2-7-19-40)41-20-8-3-9-21-41/h1-35H. The van der Waals surface area contributed by atoms with Gasteiger partial charge in [0.2, 0.25) is 5.95 Å². The fourth-order valence-corrected chi connectivity index (χ4v) is 7.62. The number of fused-ring (bicyclic) bond motifs is 3. The van der Waals surface area contributed by atoms with Gasteiger partial charge in [-0.2, -0.15) is 9.97 Å². The summed E-state index contributed by atoms with van der Waals surface area (Å²) in [6.07, 6.45) is 0. The van der Waals surface area contributed by atoms with Crippen LogP contribution in [0, 0.1) is 0 Å². The van der Waals surface area contributed by atoms with E-state index in [-0.39, 0.29) is 0 Å². The normalized spacial score (nSPS) is 11.2. The van der Waals surface area contributed by atoms with Crippen molar-refractivity contribution in [3.8, 4) is 51.0 Å². The van der Waals surface area contributed by atoms with Gasteiger partial charge in [0.25, 0.3) is 0 Å². The number of anilines is 3. The first-order chi connectivity index (χ1) is 27.8. The average molecular weight is 718 g/mol. The van der Waals surface area contributed by atoms with Crippen LogP contribution in [0.3, 0.4) is 0 Å². The molecule has 264 valence electrons. The maximum atomic E-state index is 5.28. The minimum atomic E-state index is 0.570. The lowest BCUT2D eigenvalue weighted by molar-refractivity contribution is 0.953. The predicted molar refractivity (Wildman–Crippen MR) is 231 cm³/mol. The van der Waals surface area contributed by atoms with E-state index in [2.05, 4.69) is 204 Å². The molecule has 8 aromatic carbocycles. The summed E-state index contributed by atoms with van der Waals surface area (Å²) >= 11 is 0. The Kier molecular flexibility index (Phi) is 8.43. The van der Waals surface area contributed by atoms with Gasteiger partial charge in [-0.1, -0.05) is 164 Å². The summed E-state index contributed by atoms with van der Waals surface area (Å²) in [5.74, 6) is 1.79. The van der Waals surface area contributed by atoms with Gasteiger partial charge in [-0.25, -0.2) is 4.98 Å². The molecule has 0 radical (unpaired) electrons. The zero-order valence-electron chi connectivity index (χ0n) is 30.4. The highest BCUT2D eigenvalue weighted by molar-refractivity contribution is 6.09. The molecule has 5 heteroatoms. The first-order valence-corrected chi connectivity index (χ1v) is 18.8. The molecule has 2 aromatic heterocycles. The van der Waals surface area contributed by atoms with Gasteiger partial charge in [-0.3, -0.25) is 4.57 Å². The number of aromatic nitrogens is 4. The summed E-state index contributed by atoms with van der Waals surface area (Å²) in [5.41, 5.74) is 11.6. The van der Waals surface area contributed by atoms with E-state index < -0.39 is 0 Å². The zero-order valence-corrected chi connectivity index (χ0v) is 30.4. The third-order valence-electron chi connectivity index (χ3n) is 10.3. The summed E-state index contributed by atoms with van der Waals surface area (Å²) in [6.45, 7) is 0. The van der Waals surface area contributed by atoms with E-state index in [4.69, 9.17) is 15.0 Å². The van der Waals surface area contributed by atoms with Gasteiger partial charge in [-0.15, -0.1) is 0 Å². The van der Waals surface area contributed by atoms with Crippen LogP contribution in [0.4, 0.5) is 17.1 Å². The van der Waals surface area contributed by atoms with E-state index in [9.17, 15) is 0 Å². The Bertz CT molecular complexity index is 2850. The molecule has 0 aliphatic heterocycles. The van der Waals surface area contributed by atoms with E-state index >= 15 is 0 Å². The van der Waals surface area contributed by atoms with Gasteiger partial charge in [0.15, 0.2) is 11.6 Å². The lowest BCUT2D eigenvalue weighted by atomic mass is 9.98. The molecule has 2 heterocycles. The van der Waals surface area contributed by atoms with Crippen molar-refractivity contribution in [3.63, 3.8) is 0 Å². The van der Waals surface area contributed by atoms with Crippen molar-refractivity contribution in [2.75, 3.05) is 4.90 Å². The molecule has 0 bridgehead atoms. The number of rotatable bonds is 8. The summed E-state index contributed by atoms with van der Waals surface area (Å²) in [4.78, 5) is 18.0. The second-order valence-corrected chi connectivity index (χ2v) is 13.7. The molecule has 0 aliphatic carbocycles. The highest BCUT2D eigenvalue weighted by Gasteiger charge is 2.20. The molecule has 56 heavy (non-hydrogen) atoms. The van der Waals surface area contributed by atoms with Crippen LogP contribution in [0.15, 0.2) is 212 Å². The summed E-state index contributed by atoms with van der Waals surface area (Å²) < 4.78 is 2.16. The quantitative estimate of drug-likeness (QED) is 0.157. The topological polar surface area (TPSA) is 46.8 Å². The second kappa shape index (κ2) is 14.3. The molecule has 10 rings (SSSR count). The maximum Gasteiger partial charge on any atom is 0.238 e. The Morgan fingerprint density at radius 1 is 0.304 bits per heavy atom. The smallest absolute Gasteiger partial charge is 0.238 e. The van der Waals surface area contributed by atoms with Crippen LogP contribution in [0.25, 0.3) is 72.8 Å². The molecular weight excluding hydrogens is 683 g/mol. The molecule has 0 amide bonds. The van der Waals surface area contributed by atoms with Crippen molar-refractivity contribution in [2.24, 2.45) is 0 Å². The van der Waals surface area contributed by atoms with Crippen LogP contribution in [-0.2, 0) is 0 Å². The van der Waals surface area contributed by atoms with Crippen LogP contribution in [0.2, 0.25) is 0 Å². The van der Waals surface area contributed by atoms with Crippen LogP contribution >= 0.6 is 0 Å². The van der Waals surface area contributed by atoms with Crippen molar-refractivity contribution in [1.29, 1.82) is 0 Å². The lowest BCUT2D eigenvalue weighted by Crippen LogP contribution is -2.09. The third-order valence-corrected chi connectivity index (χ3v) is 10.3. The van der Waals surface area contributed by atoms with E-state index in [1.165, 1.54) is 0 Å². The molecule has 0 unspecified atom stereocenters. The number of hydrogen-bond acceptors (Lipinski definition) is 4. The van der Waals surface area contributed by atoms with Crippen LogP contribution < -0.4 is 4.90 Å². The fraction of sp³-hybridized carbons (Fsp3) is 0. The van der Waals surface area contributed by atoms with Gasteiger partial charge in [0.05, 0.1) is 11.0 Å². The summed E-state index contributed by atoms with van der Waals surface area (Å²) in [6, 6.07) is 73.9. The number of benzene rings is 8. The Hall–Kier alpha value is -7.63. The van der Waals surface area contributed by atoms with Crippen LogP contribution in [0.5, 0.6) is 0 Å². The number of nitrogens with zero attached hydrogens (tertiary/aromatic N) is 5. The average Bonchev–Trinajstić information content (AvgIpc) is 3.62. The highest BCUT2D eigenvalue weighted by atomic mass is 15.2. The first kappa shape index (κ1) is 33.0. The van der Waals surface area contributed by atoms with Crippen molar-refractivity contribution in [3.05, 3.63) is 212 Å². The van der Waals surface area contributed by atoms with E-state index in [0.717, 1.165) is 72.2 Å². The Morgan fingerprint density at radius 3 is 1.34 bits per heavy atom. The van der Waals surface area contributed by atoms with E-state index in [0.29, 0.717) is 17.6 Å². The monoisotopic (exact) mass is 717 g/mol. The highest BCUT2D eigenvalue weighted by Crippen LogP contribution is 2.38. The van der Waals surface area contributed by atoms with Gasteiger partial charge in [-0.05, 0) is 70.8 Å². The number of para-hydroxylation sites is 4. The minimum Gasteiger partial charge on any atom is -0.311 e. The zero-order chi connectivity index (χ0) is 37.3. The first-order valence-electron chi connectivity index (χ1n) is 18.8. The molecule has 0 spiro atoms. The molecule has 0 N–H and O–H groups in total. The fourth-order valence-electron chi connectivity index (χ4n) is 7.62. The maximum absolute atomic E-state index is 5.28. The lowest BCUT2D eigenvalue weighted by Gasteiger charge is -2.25. The molecule has 5 nitrogen and oxygen atoms in total. The van der Waals surface area contributed by atoms with Crippen molar-refractivity contribution >= 4 is 38.9 Å². The summed E-state index contributed by atoms with van der Waals surface area (Å²) in [5, 5.41) is 2.30. The minimum absolute atomic E-state index is 0.570. The third kappa shape index (κ3) is 6.07. The largest absolute Gasteiger partial charge is 0.311 e. The van der Waals surface area contributed by atoms with Crippen LogP contribution in [-0.4, -0.2) is 19.5 Å². The molecule has 0 saturated heterocycles. The SMILES string of the molecule is c1ccc(-c2ccc(-c3nc(-c4ccccc4-c4ccc(N(c5ccccc5)c5ccccc5)cc4)nc(-n4c5ccccc5c5ccccc54)n3)cc2)cc1. The van der Waals surface area contributed by atoms with Gasteiger partial charge in [0, 0.05) is 39.0 Å². The van der Waals surface area contributed by atoms with Crippen molar-refractivity contribution < 1.29 is 0 Å². The van der Waals surface area contributed by atoms with Gasteiger partial charge in [0.1, 0.15) is 0 Å². The predicted octanol–water partition coefficient (Wildman–Crippen LogP) is 13.1. The molecule has 0 aliphatic rings. The molecule has 0 saturated carbocycles. The summed E-state index contributed by atoms with van der Waals surface area (Å²) in [7, 11) is 0. The molecule has 0 atom stereocenters. The molecule has 0 fully saturated rings. The Morgan fingerprint density at radius 2 is 0.732 bits per heavy atom. The second-order valence-electron chi connectivity index (χ2n) is 13.7. The van der Waals surface area contributed by atoms with Gasteiger partial charge < -0.3 is 4.90 Å². The number of hydrogen-bond donors (Lipinski definition) is 0. The van der Waals surface area contributed by atoms with Crippen molar-refractivity contribution in [1.82, 2.24) is 19.5 Å².